The number of carbonyl (C=O) groups is 1. The molecular weight excluding hydrogens is 468 g/mol. The smallest absolute Gasteiger partial charge is 0.330 e. The van der Waals surface area contributed by atoms with Crippen molar-refractivity contribution in [3.05, 3.63) is 13.7 Å². The molecule has 1 unspecified atom stereocenters. The van der Waals surface area contributed by atoms with E-state index in [-0.39, 0.29) is 5.97 Å². The maximum atomic E-state index is 12.0. The van der Waals surface area contributed by atoms with Crippen LogP contribution in [-0.2, 0) is 9.53 Å². The Morgan fingerprint density at radius 2 is 1.81 bits per heavy atom. The molecule has 0 aliphatic carbocycles. The lowest BCUT2D eigenvalue weighted by Crippen LogP contribution is -2.21. The first-order valence-corrected chi connectivity index (χ1v) is 9.62. The molecule has 0 aliphatic rings. The third-order valence-electron chi connectivity index (χ3n) is 3.21. The molecule has 0 aliphatic heterocycles. The highest BCUT2D eigenvalue weighted by molar-refractivity contribution is 9.14. The van der Waals surface area contributed by atoms with Crippen molar-refractivity contribution in [2.45, 2.75) is 58.4 Å². The van der Waals surface area contributed by atoms with E-state index < -0.39 is 6.04 Å². The monoisotopic (exact) mass is 486 g/mol. The summed E-state index contributed by atoms with van der Waals surface area (Å²) in [6.45, 7) is 4.46. The molecule has 120 valence electrons. The van der Waals surface area contributed by atoms with Crippen LogP contribution in [0.4, 0.5) is 0 Å². The fraction of sp³-hybridized carbons (Fsp3) is 0.714. The minimum Gasteiger partial charge on any atom is -0.464 e. The molecule has 0 fully saturated rings. The highest BCUT2D eigenvalue weighted by Crippen LogP contribution is 2.32. The third-order valence-corrected chi connectivity index (χ3v) is 6.34. The summed E-state index contributed by atoms with van der Waals surface area (Å²) in [7, 11) is 0. The van der Waals surface area contributed by atoms with E-state index in [0.717, 1.165) is 21.9 Å². The lowest BCUT2D eigenvalue weighted by atomic mass is 10.1. The van der Waals surface area contributed by atoms with Gasteiger partial charge in [0.15, 0.2) is 0 Å². The van der Waals surface area contributed by atoms with Gasteiger partial charge in [0, 0.05) is 0 Å². The molecule has 0 amide bonds. The highest BCUT2D eigenvalue weighted by Gasteiger charge is 2.22. The average Bonchev–Trinajstić information content (AvgIpc) is 2.73. The number of rotatable bonds is 9. The van der Waals surface area contributed by atoms with Gasteiger partial charge in [-0.1, -0.05) is 39.0 Å². The summed E-state index contributed by atoms with van der Waals surface area (Å²) in [5.41, 5.74) is 0. The van der Waals surface area contributed by atoms with Crippen LogP contribution in [0, 0.1) is 0 Å². The first kappa shape index (κ1) is 19.2. The molecule has 0 aromatic carbocycles. The summed E-state index contributed by atoms with van der Waals surface area (Å²) >= 11 is 10.1. The molecule has 7 heteroatoms. The van der Waals surface area contributed by atoms with E-state index in [4.69, 9.17) is 4.74 Å². The molecule has 1 rings (SSSR count). The van der Waals surface area contributed by atoms with Crippen molar-refractivity contribution in [2.75, 3.05) is 6.61 Å². The number of ether oxygens (including phenoxy) is 1. The maximum absolute atomic E-state index is 12.0. The predicted molar refractivity (Wildman–Crippen MR) is 94.4 cm³/mol. The Morgan fingerprint density at radius 3 is 2.38 bits per heavy atom. The standard InChI is InChI=1S/C14H21Br3N2O2/c1-3-4-5-6-7-8-9-21-14(20)10(2)19-13(17)11(15)12(16)18-19/h10H,3-9H2,1-2H3. The Bertz CT molecular complexity index is 463. The van der Waals surface area contributed by atoms with Crippen molar-refractivity contribution in [3.63, 3.8) is 0 Å². The minimum atomic E-state index is -0.456. The molecule has 0 spiro atoms. The lowest BCUT2D eigenvalue weighted by molar-refractivity contribution is -0.147. The molecular formula is C14H21Br3N2O2. The Balaban J connectivity index is 2.33. The molecule has 0 bridgehead atoms. The van der Waals surface area contributed by atoms with Crippen LogP contribution in [0.2, 0.25) is 0 Å². The second kappa shape index (κ2) is 10.0. The normalized spacial score (nSPS) is 12.4. The average molecular weight is 489 g/mol. The van der Waals surface area contributed by atoms with Gasteiger partial charge in [0.25, 0.3) is 0 Å². The Hall–Kier alpha value is 0.120. The van der Waals surface area contributed by atoms with Crippen LogP contribution >= 0.6 is 47.8 Å². The Labute approximate surface area is 151 Å². The van der Waals surface area contributed by atoms with E-state index in [2.05, 4.69) is 59.8 Å². The van der Waals surface area contributed by atoms with Gasteiger partial charge in [-0.3, -0.25) is 0 Å². The predicted octanol–water partition coefficient (Wildman–Crippen LogP) is 5.64. The summed E-state index contributed by atoms with van der Waals surface area (Å²) in [6, 6.07) is -0.456. The first-order valence-electron chi connectivity index (χ1n) is 7.24. The van der Waals surface area contributed by atoms with Gasteiger partial charge in [-0.2, -0.15) is 5.10 Å². The van der Waals surface area contributed by atoms with E-state index in [0.29, 0.717) is 11.2 Å². The second-order valence-corrected chi connectivity index (χ2v) is 7.25. The zero-order valence-corrected chi connectivity index (χ0v) is 17.1. The van der Waals surface area contributed by atoms with Crippen LogP contribution in [0.25, 0.3) is 0 Å². The highest BCUT2D eigenvalue weighted by atomic mass is 79.9. The van der Waals surface area contributed by atoms with Crippen molar-refractivity contribution < 1.29 is 9.53 Å². The SMILES string of the molecule is CCCCCCCCOC(=O)C(C)n1nc(Br)c(Br)c1Br. The van der Waals surface area contributed by atoms with Crippen LogP contribution in [0.3, 0.4) is 0 Å². The number of hydrogen-bond acceptors (Lipinski definition) is 3. The van der Waals surface area contributed by atoms with Gasteiger partial charge in [0.1, 0.15) is 15.2 Å². The van der Waals surface area contributed by atoms with Crippen LogP contribution in [0.5, 0.6) is 0 Å². The summed E-state index contributed by atoms with van der Waals surface area (Å²) in [5.74, 6) is -0.258. The van der Waals surface area contributed by atoms with Crippen LogP contribution in [0.1, 0.15) is 58.4 Å². The molecule has 0 saturated heterocycles. The minimum absolute atomic E-state index is 0.258. The Morgan fingerprint density at radius 1 is 1.19 bits per heavy atom. The molecule has 4 nitrogen and oxygen atoms in total. The van der Waals surface area contributed by atoms with E-state index in [1.54, 1.807) is 11.6 Å². The molecule has 1 aromatic rings. The number of carbonyl (C=O) groups excluding carboxylic acids is 1. The summed E-state index contributed by atoms with van der Waals surface area (Å²) < 4.78 is 9.08. The van der Waals surface area contributed by atoms with E-state index in [1.165, 1.54) is 25.7 Å². The summed E-state index contributed by atoms with van der Waals surface area (Å²) in [6.07, 6.45) is 7.05. The number of nitrogens with zero attached hydrogens (tertiary/aromatic N) is 2. The van der Waals surface area contributed by atoms with Gasteiger partial charge in [-0.05, 0) is 61.1 Å². The number of esters is 1. The van der Waals surface area contributed by atoms with Crippen molar-refractivity contribution in [3.8, 4) is 0 Å². The largest absolute Gasteiger partial charge is 0.464 e. The first-order chi connectivity index (χ1) is 9.99. The van der Waals surface area contributed by atoms with Crippen LogP contribution in [-0.4, -0.2) is 22.4 Å². The molecule has 1 heterocycles. The number of hydrogen-bond donors (Lipinski definition) is 0. The third kappa shape index (κ3) is 6.02. The zero-order chi connectivity index (χ0) is 15.8. The topological polar surface area (TPSA) is 44.1 Å². The molecule has 21 heavy (non-hydrogen) atoms. The summed E-state index contributed by atoms with van der Waals surface area (Å²) in [4.78, 5) is 12.0. The van der Waals surface area contributed by atoms with E-state index in [9.17, 15) is 4.79 Å². The number of aromatic nitrogens is 2. The van der Waals surface area contributed by atoms with Gasteiger partial charge < -0.3 is 4.74 Å². The van der Waals surface area contributed by atoms with E-state index in [1.807, 2.05) is 0 Å². The fourth-order valence-electron chi connectivity index (χ4n) is 1.90. The zero-order valence-electron chi connectivity index (χ0n) is 12.4. The molecule has 0 saturated carbocycles. The molecule has 0 N–H and O–H groups in total. The number of halogens is 3. The van der Waals surface area contributed by atoms with Crippen molar-refractivity contribution in [2.24, 2.45) is 0 Å². The van der Waals surface area contributed by atoms with Crippen molar-refractivity contribution in [1.82, 2.24) is 9.78 Å². The van der Waals surface area contributed by atoms with Crippen molar-refractivity contribution >= 4 is 53.8 Å². The van der Waals surface area contributed by atoms with E-state index >= 15 is 0 Å². The quantitative estimate of drug-likeness (QED) is 0.334. The molecule has 1 aromatic heterocycles. The molecule has 1 atom stereocenters. The van der Waals surface area contributed by atoms with Crippen LogP contribution in [0.15, 0.2) is 13.7 Å². The van der Waals surface area contributed by atoms with Gasteiger partial charge in [-0.25, -0.2) is 9.48 Å². The fourth-order valence-corrected chi connectivity index (χ4v) is 3.36. The number of unbranched alkanes of at least 4 members (excludes halogenated alkanes) is 5. The molecule has 0 radical (unpaired) electrons. The lowest BCUT2D eigenvalue weighted by Gasteiger charge is -2.13. The van der Waals surface area contributed by atoms with Crippen molar-refractivity contribution in [1.29, 1.82) is 0 Å². The maximum Gasteiger partial charge on any atom is 0.330 e. The van der Waals surface area contributed by atoms with Gasteiger partial charge in [-0.15, -0.1) is 0 Å². The van der Waals surface area contributed by atoms with Gasteiger partial charge >= 0.3 is 5.97 Å². The Kier molecular flexibility index (Phi) is 9.13. The second-order valence-electron chi connectivity index (χ2n) is 4.95. The van der Waals surface area contributed by atoms with Gasteiger partial charge in [0.05, 0.1) is 11.1 Å². The van der Waals surface area contributed by atoms with Crippen LogP contribution < -0.4 is 0 Å². The van der Waals surface area contributed by atoms with Gasteiger partial charge in [0.2, 0.25) is 0 Å². The summed E-state index contributed by atoms with van der Waals surface area (Å²) in [5, 5.41) is 4.25.